The summed E-state index contributed by atoms with van der Waals surface area (Å²) < 4.78 is 5.29. The molecular formula is C26H25N4O2+. The van der Waals surface area contributed by atoms with E-state index in [-0.39, 0.29) is 11.5 Å². The lowest BCUT2D eigenvalue weighted by molar-refractivity contribution is -0.555. The number of carbonyl (C=O) groups excluding carboxylic acids is 1. The summed E-state index contributed by atoms with van der Waals surface area (Å²) in [5.41, 5.74) is 3.09. The number of quaternary nitrogens is 1. The number of Topliss-reactive ketones (excluding diaryl/α,β-unsaturated/α-hetero) is 1. The van der Waals surface area contributed by atoms with Gasteiger partial charge in [0, 0.05) is 11.8 Å². The van der Waals surface area contributed by atoms with Crippen molar-refractivity contribution in [2.45, 2.75) is 6.04 Å². The van der Waals surface area contributed by atoms with Crippen molar-refractivity contribution in [3.8, 4) is 11.8 Å². The summed E-state index contributed by atoms with van der Waals surface area (Å²) in [5.74, 6) is 0.274. The number of anilines is 1. The molecule has 0 aromatic heterocycles. The first-order valence-electron chi connectivity index (χ1n) is 10.2. The van der Waals surface area contributed by atoms with Crippen LogP contribution in [0.2, 0.25) is 0 Å². The van der Waals surface area contributed by atoms with Crippen molar-refractivity contribution in [3.05, 3.63) is 102 Å². The lowest BCUT2D eigenvalue weighted by atomic mass is 9.92. The van der Waals surface area contributed by atoms with Gasteiger partial charge in [0.15, 0.2) is 0 Å². The Balaban J connectivity index is 2.00. The maximum absolute atomic E-state index is 13.6. The van der Waals surface area contributed by atoms with Crippen LogP contribution in [0.5, 0.6) is 5.75 Å². The van der Waals surface area contributed by atoms with Gasteiger partial charge in [0.1, 0.15) is 23.7 Å². The van der Waals surface area contributed by atoms with E-state index < -0.39 is 6.04 Å². The number of nitrogens with two attached hydrogens (primary N) is 1. The van der Waals surface area contributed by atoms with Crippen LogP contribution in [-0.2, 0) is 4.79 Å². The minimum absolute atomic E-state index is 0.0981. The zero-order valence-corrected chi connectivity index (χ0v) is 18.0. The standard InChI is InChI=1S/C26H24N4O2/c1-29-17-23(19-7-4-3-5-8-19)24(28)26(31)25(20-13-11-18(16-27)12-14-20)30-21-9-6-10-22(15-21)32-2/h3-15,17,25,28-30H,1-2H3/p+1. The monoisotopic (exact) mass is 425 g/mol. The number of hydrogen-bond donors (Lipinski definition) is 3. The fourth-order valence-corrected chi connectivity index (χ4v) is 3.32. The van der Waals surface area contributed by atoms with Gasteiger partial charge in [-0.15, -0.1) is 0 Å². The number of rotatable bonds is 9. The molecule has 0 saturated carbocycles. The van der Waals surface area contributed by atoms with E-state index in [4.69, 9.17) is 15.4 Å². The zero-order chi connectivity index (χ0) is 22.9. The molecule has 4 N–H and O–H groups in total. The molecule has 6 heteroatoms. The summed E-state index contributed by atoms with van der Waals surface area (Å²) in [6, 6.07) is 24.8. The lowest BCUT2D eigenvalue weighted by Crippen LogP contribution is -2.73. The fourth-order valence-electron chi connectivity index (χ4n) is 3.32. The van der Waals surface area contributed by atoms with Crippen molar-refractivity contribution in [2.24, 2.45) is 0 Å². The minimum Gasteiger partial charge on any atom is -0.497 e. The van der Waals surface area contributed by atoms with E-state index in [0.29, 0.717) is 28.1 Å². The number of benzene rings is 3. The highest BCUT2D eigenvalue weighted by Crippen LogP contribution is 2.26. The molecule has 6 nitrogen and oxygen atoms in total. The number of hydrogen-bond acceptors (Lipinski definition) is 5. The second-order valence-electron chi connectivity index (χ2n) is 7.06. The Bertz CT molecular complexity index is 1160. The van der Waals surface area contributed by atoms with Gasteiger partial charge in [-0.05, 0) is 35.4 Å². The molecule has 0 aliphatic rings. The van der Waals surface area contributed by atoms with Crippen molar-refractivity contribution < 1.29 is 14.8 Å². The van der Waals surface area contributed by atoms with Gasteiger partial charge in [0.05, 0.1) is 31.4 Å². The molecule has 0 amide bonds. The third kappa shape index (κ3) is 5.28. The Morgan fingerprint density at radius 2 is 1.81 bits per heavy atom. The van der Waals surface area contributed by atoms with Crippen LogP contribution in [0.25, 0.3) is 5.57 Å². The van der Waals surface area contributed by atoms with Crippen LogP contribution in [0.4, 0.5) is 5.69 Å². The highest BCUT2D eigenvalue weighted by molar-refractivity contribution is 6.56. The average Bonchev–Trinajstić information content (AvgIpc) is 2.85. The van der Waals surface area contributed by atoms with Gasteiger partial charge in [-0.3, -0.25) is 10.2 Å². The van der Waals surface area contributed by atoms with Crippen LogP contribution in [0, 0.1) is 16.7 Å². The Morgan fingerprint density at radius 3 is 2.44 bits per heavy atom. The van der Waals surface area contributed by atoms with Crippen molar-refractivity contribution >= 4 is 22.8 Å². The molecule has 0 bridgehead atoms. The highest BCUT2D eigenvalue weighted by atomic mass is 16.5. The Morgan fingerprint density at radius 1 is 1.09 bits per heavy atom. The smallest absolute Gasteiger partial charge is 0.207 e. The third-order valence-corrected chi connectivity index (χ3v) is 4.95. The molecule has 1 unspecified atom stereocenters. The van der Waals surface area contributed by atoms with E-state index in [1.807, 2.05) is 60.9 Å². The lowest BCUT2D eigenvalue weighted by Gasteiger charge is -2.21. The van der Waals surface area contributed by atoms with Crippen LogP contribution in [-0.4, -0.2) is 25.7 Å². The van der Waals surface area contributed by atoms with E-state index in [2.05, 4.69) is 11.4 Å². The number of methoxy groups -OCH3 is 1. The number of nitrogens with one attached hydrogen (secondary N) is 2. The number of allylic oxidation sites excluding steroid dienone is 1. The second kappa shape index (κ2) is 10.7. The molecule has 3 aromatic carbocycles. The van der Waals surface area contributed by atoms with E-state index in [1.165, 1.54) is 0 Å². The summed E-state index contributed by atoms with van der Waals surface area (Å²) in [6.07, 6.45) is 1.77. The maximum Gasteiger partial charge on any atom is 0.207 e. The molecule has 32 heavy (non-hydrogen) atoms. The number of nitriles is 1. The summed E-state index contributed by atoms with van der Waals surface area (Å²) in [4.78, 5) is 13.6. The van der Waals surface area contributed by atoms with Gasteiger partial charge in [-0.2, -0.15) is 5.26 Å². The van der Waals surface area contributed by atoms with Crippen LogP contribution in [0.3, 0.4) is 0 Å². The minimum atomic E-state index is -0.814. The molecule has 3 rings (SSSR count). The predicted octanol–water partition coefficient (Wildman–Crippen LogP) is 3.54. The van der Waals surface area contributed by atoms with E-state index >= 15 is 0 Å². The van der Waals surface area contributed by atoms with Crippen molar-refractivity contribution in [2.75, 3.05) is 19.5 Å². The average molecular weight is 426 g/mol. The van der Waals surface area contributed by atoms with Crippen LogP contribution < -0.4 is 15.4 Å². The maximum atomic E-state index is 13.6. The van der Waals surface area contributed by atoms with Crippen molar-refractivity contribution in [1.82, 2.24) is 0 Å². The van der Waals surface area contributed by atoms with Crippen LogP contribution in [0.15, 0.2) is 85.1 Å². The number of ether oxygens (including phenoxy) is 1. The number of nitrogens with zero attached hydrogens (tertiary/aromatic N) is 1. The molecule has 0 fully saturated rings. The first-order chi connectivity index (χ1) is 15.6. The van der Waals surface area contributed by atoms with Crippen molar-refractivity contribution in [3.63, 3.8) is 0 Å². The summed E-state index contributed by atoms with van der Waals surface area (Å²) in [7, 11) is 3.43. The normalized spacial score (nSPS) is 11.8. The van der Waals surface area contributed by atoms with E-state index in [1.54, 1.807) is 43.6 Å². The predicted molar refractivity (Wildman–Crippen MR) is 126 cm³/mol. The van der Waals surface area contributed by atoms with Gasteiger partial charge < -0.3 is 15.4 Å². The molecule has 0 aliphatic carbocycles. The molecule has 0 spiro atoms. The quantitative estimate of drug-likeness (QED) is 0.456. The first-order valence-corrected chi connectivity index (χ1v) is 10.2. The molecule has 3 aromatic rings. The van der Waals surface area contributed by atoms with Crippen LogP contribution >= 0.6 is 0 Å². The molecule has 0 saturated heterocycles. The summed E-state index contributed by atoms with van der Waals surface area (Å²) in [6.45, 7) is 0. The Labute approximate surface area is 187 Å². The molecule has 160 valence electrons. The van der Waals surface area contributed by atoms with E-state index in [0.717, 1.165) is 5.56 Å². The SMILES string of the molecule is C[NH2+]C=C(C(=N)C(=O)C(Nc1cccc(OC)c1)c1ccc(C#N)cc1)c1ccccc1. The Hall–Kier alpha value is -4.21. The molecule has 0 heterocycles. The van der Waals surface area contributed by atoms with Gasteiger partial charge in [0.25, 0.3) is 0 Å². The van der Waals surface area contributed by atoms with Crippen LogP contribution in [0.1, 0.15) is 22.7 Å². The number of ketones is 1. The largest absolute Gasteiger partial charge is 0.497 e. The number of carbonyl (C=O) groups is 1. The topological polar surface area (TPSA) is 103 Å². The fraction of sp³-hybridized carbons (Fsp3) is 0.115. The molecule has 0 aliphatic heterocycles. The van der Waals surface area contributed by atoms with Crippen molar-refractivity contribution in [1.29, 1.82) is 10.7 Å². The molecule has 0 radical (unpaired) electrons. The van der Waals surface area contributed by atoms with Gasteiger partial charge in [-0.25, -0.2) is 0 Å². The van der Waals surface area contributed by atoms with E-state index in [9.17, 15) is 4.79 Å². The molecular weight excluding hydrogens is 400 g/mol. The third-order valence-electron chi connectivity index (χ3n) is 4.95. The van der Waals surface area contributed by atoms with Gasteiger partial charge >= 0.3 is 0 Å². The Kier molecular flexibility index (Phi) is 7.52. The first kappa shape index (κ1) is 22.5. The van der Waals surface area contributed by atoms with Gasteiger partial charge in [0.2, 0.25) is 5.78 Å². The zero-order valence-electron chi connectivity index (χ0n) is 18.0. The van der Waals surface area contributed by atoms with Gasteiger partial charge in [-0.1, -0.05) is 48.5 Å². The summed E-state index contributed by atoms with van der Waals surface area (Å²) in [5, 5.41) is 22.9. The summed E-state index contributed by atoms with van der Waals surface area (Å²) >= 11 is 0. The highest BCUT2D eigenvalue weighted by Gasteiger charge is 2.28. The second-order valence-corrected chi connectivity index (χ2v) is 7.06. The molecule has 1 atom stereocenters.